The molecule has 0 spiro atoms. The predicted molar refractivity (Wildman–Crippen MR) is 88.2 cm³/mol. The van der Waals surface area contributed by atoms with Gasteiger partial charge in [-0.15, -0.1) is 0 Å². The highest BCUT2D eigenvalue weighted by Gasteiger charge is 2.40. The molecule has 0 bridgehead atoms. The highest BCUT2D eigenvalue weighted by molar-refractivity contribution is 5.86. The van der Waals surface area contributed by atoms with Gasteiger partial charge in [-0.2, -0.15) is 0 Å². The Hall–Kier alpha value is -1.73. The second-order valence-electron chi connectivity index (χ2n) is 7.28. The Balaban J connectivity index is 2.29. The molecule has 1 aliphatic rings. The molecule has 1 heterocycles. The van der Waals surface area contributed by atoms with E-state index in [2.05, 4.69) is 5.32 Å². The smallest absolute Gasteiger partial charge is 0.245 e. The summed E-state index contributed by atoms with van der Waals surface area (Å²) in [5.74, 6) is -2.27. The fourth-order valence-corrected chi connectivity index (χ4v) is 3.01. The van der Waals surface area contributed by atoms with Gasteiger partial charge in [0.05, 0.1) is 11.7 Å². The van der Waals surface area contributed by atoms with E-state index in [-0.39, 0.29) is 11.6 Å². The zero-order valence-electron chi connectivity index (χ0n) is 14.2. The maximum absolute atomic E-state index is 14.0. The Bertz CT molecular complexity index is 602. The van der Waals surface area contributed by atoms with E-state index in [0.717, 1.165) is 12.5 Å². The number of nitrogens with two attached hydrogens (primary N) is 1. The Morgan fingerprint density at radius 2 is 2.08 bits per heavy atom. The van der Waals surface area contributed by atoms with Crippen LogP contribution in [0.4, 0.5) is 14.5 Å². The first-order chi connectivity index (χ1) is 11.1. The average molecular weight is 341 g/mol. The number of amides is 1. The summed E-state index contributed by atoms with van der Waals surface area (Å²) in [4.78, 5) is 14.5. The third kappa shape index (κ3) is 3.84. The second kappa shape index (κ2) is 7.03. The van der Waals surface area contributed by atoms with Gasteiger partial charge < -0.3 is 21.1 Å². The number of hydrogen-bond donors (Lipinski definition) is 3. The van der Waals surface area contributed by atoms with Crippen LogP contribution in [0.25, 0.3) is 0 Å². The number of benzene rings is 1. The summed E-state index contributed by atoms with van der Waals surface area (Å²) in [6.45, 7) is 5.99. The SMILES string of the molecule is CC(C)(C)C(Nc1cccc(F)c1F)C(=O)N1CCC[C@H]1C(N)O. The molecular weight excluding hydrogens is 316 g/mol. The Labute approximate surface area is 140 Å². The van der Waals surface area contributed by atoms with Crippen molar-refractivity contribution in [3.05, 3.63) is 29.8 Å². The minimum absolute atomic E-state index is 0.0627. The van der Waals surface area contributed by atoms with Crippen LogP contribution in [0.5, 0.6) is 0 Å². The van der Waals surface area contributed by atoms with Crippen molar-refractivity contribution >= 4 is 11.6 Å². The molecule has 5 nitrogen and oxygen atoms in total. The summed E-state index contributed by atoms with van der Waals surface area (Å²) in [6.07, 6.45) is 0.243. The predicted octanol–water partition coefficient (Wildman–Crippen LogP) is 2.06. The molecule has 7 heteroatoms. The summed E-state index contributed by atoms with van der Waals surface area (Å²) >= 11 is 0. The van der Waals surface area contributed by atoms with Crippen LogP contribution in [0.3, 0.4) is 0 Å². The number of carbonyl (C=O) groups is 1. The van der Waals surface area contributed by atoms with E-state index in [1.165, 1.54) is 17.0 Å². The van der Waals surface area contributed by atoms with Gasteiger partial charge in [0.15, 0.2) is 11.6 Å². The molecule has 1 aromatic rings. The lowest BCUT2D eigenvalue weighted by atomic mass is 9.85. The van der Waals surface area contributed by atoms with Crippen molar-refractivity contribution in [2.75, 3.05) is 11.9 Å². The number of nitrogens with zero attached hydrogens (tertiary/aromatic N) is 1. The Morgan fingerprint density at radius 3 is 2.67 bits per heavy atom. The van der Waals surface area contributed by atoms with Crippen LogP contribution >= 0.6 is 0 Å². The highest BCUT2D eigenvalue weighted by atomic mass is 19.2. The Morgan fingerprint density at radius 1 is 1.42 bits per heavy atom. The molecule has 0 aromatic heterocycles. The summed E-state index contributed by atoms with van der Waals surface area (Å²) < 4.78 is 27.4. The van der Waals surface area contributed by atoms with Crippen molar-refractivity contribution in [1.29, 1.82) is 0 Å². The van der Waals surface area contributed by atoms with E-state index in [1.807, 2.05) is 20.8 Å². The van der Waals surface area contributed by atoms with Gasteiger partial charge in [-0.25, -0.2) is 8.78 Å². The number of aliphatic hydroxyl groups is 1. The molecule has 1 aliphatic heterocycles. The monoisotopic (exact) mass is 341 g/mol. The first kappa shape index (κ1) is 18.6. The lowest BCUT2D eigenvalue weighted by Crippen LogP contribution is -2.54. The third-order valence-electron chi connectivity index (χ3n) is 4.34. The number of hydrogen-bond acceptors (Lipinski definition) is 4. The van der Waals surface area contributed by atoms with Gasteiger partial charge in [0.1, 0.15) is 12.3 Å². The van der Waals surface area contributed by atoms with Crippen molar-refractivity contribution in [1.82, 2.24) is 4.90 Å². The number of anilines is 1. The molecule has 4 N–H and O–H groups in total. The molecule has 1 aromatic carbocycles. The summed E-state index contributed by atoms with van der Waals surface area (Å²) in [6, 6.07) is 2.56. The molecule has 2 rings (SSSR count). The van der Waals surface area contributed by atoms with E-state index in [1.54, 1.807) is 0 Å². The first-order valence-electron chi connectivity index (χ1n) is 8.07. The van der Waals surface area contributed by atoms with Crippen LogP contribution in [0, 0.1) is 17.0 Å². The van der Waals surface area contributed by atoms with Gasteiger partial charge in [-0.05, 0) is 30.4 Å². The lowest BCUT2D eigenvalue weighted by Gasteiger charge is -2.37. The molecule has 2 unspecified atom stereocenters. The fraction of sp³-hybridized carbons (Fsp3) is 0.588. The van der Waals surface area contributed by atoms with Crippen LogP contribution < -0.4 is 11.1 Å². The van der Waals surface area contributed by atoms with E-state index >= 15 is 0 Å². The normalized spacial score (nSPS) is 20.8. The van der Waals surface area contributed by atoms with Gasteiger partial charge in [0, 0.05) is 6.54 Å². The quantitative estimate of drug-likeness (QED) is 0.733. The highest BCUT2D eigenvalue weighted by Crippen LogP contribution is 2.29. The van der Waals surface area contributed by atoms with Crippen LogP contribution in [-0.4, -0.2) is 40.8 Å². The number of rotatable bonds is 4. The number of likely N-dealkylation sites (tertiary alicyclic amines) is 1. The van der Waals surface area contributed by atoms with E-state index in [4.69, 9.17) is 5.73 Å². The maximum Gasteiger partial charge on any atom is 0.245 e. The number of aliphatic hydroxyl groups excluding tert-OH is 1. The summed E-state index contributed by atoms with van der Waals surface area (Å²) in [5.41, 5.74) is 4.95. The average Bonchev–Trinajstić information content (AvgIpc) is 2.96. The minimum atomic E-state index is -1.12. The second-order valence-corrected chi connectivity index (χ2v) is 7.28. The molecule has 24 heavy (non-hydrogen) atoms. The van der Waals surface area contributed by atoms with Gasteiger partial charge in [0.25, 0.3) is 0 Å². The number of nitrogens with one attached hydrogen (secondary N) is 1. The van der Waals surface area contributed by atoms with E-state index in [0.29, 0.717) is 13.0 Å². The van der Waals surface area contributed by atoms with Crippen LogP contribution in [-0.2, 0) is 4.79 Å². The van der Waals surface area contributed by atoms with Crippen molar-refractivity contribution in [3.8, 4) is 0 Å². The molecule has 0 saturated carbocycles. The maximum atomic E-state index is 14.0. The summed E-state index contributed by atoms with van der Waals surface area (Å²) in [5, 5.41) is 12.5. The minimum Gasteiger partial charge on any atom is -0.377 e. The fourth-order valence-electron chi connectivity index (χ4n) is 3.01. The van der Waals surface area contributed by atoms with Crippen molar-refractivity contribution in [3.63, 3.8) is 0 Å². The topological polar surface area (TPSA) is 78.6 Å². The van der Waals surface area contributed by atoms with Gasteiger partial charge in [0.2, 0.25) is 5.91 Å². The molecule has 1 amide bonds. The summed E-state index contributed by atoms with van der Waals surface area (Å²) in [7, 11) is 0. The molecule has 0 radical (unpaired) electrons. The lowest BCUT2D eigenvalue weighted by molar-refractivity contribution is -0.137. The largest absolute Gasteiger partial charge is 0.377 e. The molecule has 134 valence electrons. The zero-order valence-corrected chi connectivity index (χ0v) is 14.2. The van der Waals surface area contributed by atoms with Crippen molar-refractivity contribution in [2.24, 2.45) is 11.1 Å². The molecule has 1 fully saturated rings. The molecule has 0 aliphatic carbocycles. The number of carbonyl (C=O) groups excluding carboxylic acids is 1. The van der Waals surface area contributed by atoms with Gasteiger partial charge in [-0.1, -0.05) is 26.8 Å². The van der Waals surface area contributed by atoms with Crippen LogP contribution in [0.15, 0.2) is 18.2 Å². The van der Waals surface area contributed by atoms with Gasteiger partial charge >= 0.3 is 0 Å². The first-order valence-corrected chi connectivity index (χ1v) is 8.07. The Kier molecular flexibility index (Phi) is 5.45. The molecule has 1 saturated heterocycles. The molecular formula is C17H25F2N3O2. The van der Waals surface area contributed by atoms with Crippen molar-refractivity contribution < 1.29 is 18.7 Å². The molecule has 3 atom stereocenters. The van der Waals surface area contributed by atoms with Crippen LogP contribution in [0.1, 0.15) is 33.6 Å². The third-order valence-corrected chi connectivity index (χ3v) is 4.34. The number of halogens is 2. The zero-order chi connectivity index (χ0) is 18.1. The van der Waals surface area contributed by atoms with Crippen LogP contribution in [0.2, 0.25) is 0 Å². The standard InChI is InChI=1S/C17H25F2N3O2/c1-17(2,3)14(21-11-7-4-6-10(18)13(11)19)16(24)22-9-5-8-12(22)15(20)23/h4,6-7,12,14-15,21,23H,5,8-9,20H2,1-3H3/t12-,14?,15?/m0/s1. The van der Waals surface area contributed by atoms with Crippen molar-refractivity contribution in [2.45, 2.75) is 51.9 Å². The van der Waals surface area contributed by atoms with E-state index < -0.39 is 35.4 Å². The van der Waals surface area contributed by atoms with E-state index in [9.17, 15) is 18.7 Å². The van der Waals surface area contributed by atoms with Gasteiger partial charge in [-0.3, -0.25) is 4.79 Å².